The van der Waals surface area contributed by atoms with Crippen LogP contribution < -0.4 is 0 Å². The van der Waals surface area contributed by atoms with Crippen molar-refractivity contribution in [3.05, 3.63) is 65.7 Å². The third kappa shape index (κ3) is 4.62. The van der Waals surface area contributed by atoms with E-state index in [2.05, 4.69) is 4.90 Å². The zero-order valence-electron chi connectivity index (χ0n) is 16.0. The van der Waals surface area contributed by atoms with Crippen molar-refractivity contribution in [3.8, 4) is 0 Å². The maximum Gasteiger partial charge on any atom is 0.253 e. The van der Waals surface area contributed by atoms with Gasteiger partial charge in [-0.15, -0.1) is 0 Å². The zero-order valence-corrected chi connectivity index (χ0v) is 16.8. The Hall–Kier alpha value is -2.18. The van der Waals surface area contributed by atoms with Crippen LogP contribution in [-0.4, -0.2) is 56.8 Å². The van der Waals surface area contributed by atoms with Gasteiger partial charge in [-0.1, -0.05) is 30.3 Å². The first kappa shape index (κ1) is 19.2. The van der Waals surface area contributed by atoms with Crippen LogP contribution in [0.5, 0.6) is 0 Å². The van der Waals surface area contributed by atoms with E-state index in [1.165, 1.54) is 19.4 Å². The maximum atomic E-state index is 12.7. The smallest absolute Gasteiger partial charge is 0.253 e. The summed E-state index contributed by atoms with van der Waals surface area (Å²) in [5, 5.41) is 0. The number of rotatable bonds is 6. The van der Waals surface area contributed by atoms with E-state index in [1.54, 1.807) is 54.6 Å². The number of hydrogen-bond acceptors (Lipinski definition) is 4. The summed E-state index contributed by atoms with van der Waals surface area (Å²) in [6, 6.07) is 15.4. The van der Waals surface area contributed by atoms with Crippen LogP contribution in [0.3, 0.4) is 0 Å². The molecule has 4 rings (SSSR count). The molecule has 2 aliphatic rings. The molecule has 6 heteroatoms. The van der Waals surface area contributed by atoms with Gasteiger partial charge in [0.15, 0.2) is 9.84 Å². The largest absolute Gasteiger partial charge is 0.336 e. The second-order valence-electron chi connectivity index (χ2n) is 7.81. The fourth-order valence-corrected chi connectivity index (χ4v) is 5.03. The van der Waals surface area contributed by atoms with Crippen LogP contribution in [0.15, 0.2) is 59.5 Å². The van der Waals surface area contributed by atoms with Gasteiger partial charge in [-0.3, -0.25) is 9.69 Å². The summed E-state index contributed by atoms with van der Waals surface area (Å²) in [6.45, 7) is 4.57. The molecule has 0 atom stereocenters. The minimum atomic E-state index is -3.38. The molecule has 0 unspecified atom stereocenters. The lowest BCUT2D eigenvalue weighted by Gasteiger charge is -2.34. The van der Waals surface area contributed by atoms with Crippen LogP contribution in [0.2, 0.25) is 0 Å². The van der Waals surface area contributed by atoms with Gasteiger partial charge >= 0.3 is 0 Å². The molecule has 1 heterocycles. The summed E-state index contributed by atoms with van der Waals surface area (Å²) in [6.07, 6.45) is 2.71. The van der Waals surface area contributed by atoms with Crippen LogP contribution in [0.4, 0.5) is 0 Å². The number of carbonyl (C=O) groups excluding carboxylic acids is 1. The number of amides is 1. The molecule has 1 saturated carbocycles. The number of benzene rings is 2. The molecule has 1 saturated heterocycles. The van der Waals surface area contributed by atoms with Crippen molar-refractivity contribution in [2.75, 3.05) is 32.7 Å². The lowest BCUT2D eigenvalue weighted by atomic mass is 10.1. The molecule has 1 aliphatic heterocycles. The molecule has 28 heavy (non-hydrogen) atoms. The topological polar surface area (TPSA) is 57.7 Å². The minimum absolute atomic E-state index is 0.0311. The third-order valence-electron chi connectivity index (χ3n) is 5.53. The minimum Gasteiger partial charge on any atom is -0.336 e. The van der Waals surface area contributed by atoms with Gasteiger partial charge in [-0.2, -0.15) is 0 Å². The monoisotopic (exact) mass is 398 g/mol. The molecule has 148 valence electrons. The molecular weight excluding hydrogens is 372 g/mol. The summed E-state index contributed by atoms with van der Waals surface area (Å²) in [7, 11) is -3.38. The highest BCUT2D eigenvalue weighted by Gasteiger charge is 2.28. The Morgan fingerprint density at radius 2 is 1.54 bits per heavy atom. The molecule has 0 N–H and O–H groups in total. The molecule has 1 amide bonds. The molecule has 2 aromatic carbocycles. The van der Waals surface area contributed by atoms with Crippen molar-refractivity contribution >= 4 is 15.7 Å². The van der Waals surface area contributed by atoms with Gasteiger partial charge in [-0.25, -0.2) is 8.42 Å². The Balaban J connectivity index is 1.36. The van der Waals surface area contributed by atoms with E-state index in [1.807, 2.05) is 4.90 Å². The molecule has 5 nitrogen and oxygen atoms in total. The number of piperazine rings is 1. The Morgan fingerprint density at radius 1 is 0.893 bits per heavy atom. The predicted molar refractivity (Wildman–Crippen MR) is 109 cm³/mol. The standard InChI is InChI=1S/C22H26N2O3S/c25-22(24-14-12-23(13-15-24)16-18-6-7-18)20-10-8-19(9-11-20)17-28(26,27)21-4-2-1-3-5-21/h1-5,8-11,18H,6-7,12-17H2. The average molecular weight is 399 g/mol. The van der Waals surface area contributed by atoms with E-state index >= 15 is 0 Å². The van der Waals surface area contributed by atoms with Crippen LogP contribution in [-0.2, 0) is 15.6 Å². The first-order valence-electron chi connectivity index (χ1n) is 9.90. The van der Waals surface area contributed by atoms with E-state index in [9.17, 15) is 13.2 Å². The van der Waals surface area contributed by atoms with Crippen molar-refractivity contribution in [2.45, 2.75) is 23.5 Å². The molecule has 1 aliphatic carbocycles. The highest BCUT2D eigenvalue weighted by molar-refractivity contribution is 7.90. The van der Waals surface area contributed by atoms with Gasteiger partial charge in [0.25, 0.3) is 5.91 Å². The van der Waals surface area contributed by atoms with Crippen molar-refractivity contribution in [1.82, 2.24) is 9.80 Å². The second-order valence-corrected chi connectivity index (χ2v) is 9.79. The number of sulfone groups is 1. The van der Waals surface area contributed by atoms with Crippen LogP contribution in [0, 0.1) is 5.92 Å². The number of hydrogen-bond donors (Lipinski definition) is 0. The molecule has 0 spiro atoms. The highest BCUT2D eigenvalue weighted by Crippen LogP contribution is 2.30. The Morgan fingerprint density at radius 3 is 2.14 bits per heavy atom. The van der Waals surface area contributed by atoms with E-state index < -0.39 is 9.84 Å². The summed E-state index contributed by atoms with van der Waals surface area (Å²) < 4.78 is 25.0. The highest BCUT2D eigenvalue weighted by atomic mass is 32.2. The normalized spacial score (nSPS) is 18.2. The van der Waals surface area contributed by atoms with Gasteiger partial charge in [0, 0.05) is 38.3 Å². The van der Waals surface area contributed by atoms with E-state index in [4.69, 9.17) is 0 Å². The maximum absolute atomic E-state index is 12.7. The van der Waals surface area contributed by atoms with Gasteiger partial charge in [0.05, 0.1) is 10.6 Å². The van der Waals surface area contributed by atoms with Crippen LogP contribution in [0.1, 0.15) is 28.8 Å². The van der Waals surface area contributed by atoms with E-state index in [0.717, 1.165) is 32.1 Å². The molecular formula is C22H26N2O3S. The number of carbonyl (C=O) groups is 1. The Labute approximate surface area is 166 Å². The lowest BCUT2D eigenvalue weighted by Crippen LogP contribution is -2.49. The summed E-state index contributed by atoms with van der Waals surface area (Å²) in [4.78, 5) is 17.4. The third-order valence-corrected chi connectivity index (χ3v) is 7.24. The van der Waals surface area contributed by atoms with E-state index in [0.29, 0.717) is 16.0 Å². The SMILES string of the molecule is O=C(c1ccc(CS(=O)(=O)c2ccccc2)cc1)N1CCN(CC2CC2)CC1. The van der Waals surface area contributed by atoms with Crippen LogP contribution >= 0.6 is 0 Å². The lowest BCUT2D eigenvalue weighted by molar-refractivity contribution is 0.0632. The van der Waals surface area contributed by atoms with Gasteiger partial charge in [0.1, 0.15) is 0 Å². The van der Waals surface area contributed by atoms with Gasteiger partial charge in [-0.05, 0) is 48.6 Å². The van der Waals surface area contributed by atoms with Crippen LogP contribution in [0.25, 0.3) is 0 Å². The molecule has 2 aromatic rings. The predicted octanol–water partition coefficient (Wildman–Crippen LogP) is 2.83. The summed E-state index contributed by atoms with van der Waals surface area (Å²) in [5.41, 5.74) is 1.31. The van der Waals surface area contributed by atoms with Gasteiger partial charge in [0.2, 0.25) is 0 Å². The summed E-state index contributed by atoms with van der Waals surface area (Å²) in [5.74, 6) is 0.844. The first-order chi connectivity index (χ1) is 13.5. The van der Waals surface area contributed by atoms with Crippen molar-refractivity contribution in [1.29, 1.82) is 0 Å². The average Bonchev–Trinajstić information content (AvgIpc) is 3.53. The fourth-order valence-electron chi connectivity index (χ4n) is 3.66. The number of nitrogens with zero attached hydrogens (tertiary/aromatic N) is 2. The van der Waals surface area contributed by atoms with Crippen molar-refractivity contribution in [3.63, 3.8) is 0 Å². The van der Waals surface area contributed by atoms with Crippen molar-refractivity contribution < 1.29 is 13.2 Å². The quantitative estimate of drug-likeness (QED) is 0.751. The molecule has 0 radical (unpaired) electrons. The van der Waals surface area contributed by atoms with E-state index in [-0.39, 0.29) is 11.7 Å². The Bertz CT molecular complexity index is 914. The zero-order chi connectivity index (χ0) is 19.6. The summed E-state index contributed by atoms with van der Waals surface area (Å²) >= 11 is 0. The van der Waals surface area contributed by atoms with Crippen molar-refractivity contribution in [2.24, 2.45) is 5.92 Å². The molecule has 0 bridgehead atoms. The Kier molecular flexibility index (Phi) is 5.51. The van der Waals surface area contributed by atoms with Gasteiger partial charge < -0.3 is 4.90 Å². The molecule has 2 fully saturated rings. The second kappa shape index (κ2) is 8.05. The first-order valence-corrected chi connectivity index (χ1v) is 11.5. The molecule has 0 aromatic heterocycles. The fraction of sp³-hybridized carbons (Fsp3) is 0.409.